The van der Waals surface area contributed by atoms with E-state index in [0.717, 1.165) is 42.9 Å². The van der Waals surface area contributed by atoms with Gasteiger partial charge in [-0.3, -0.25) is 4.79 Å². The predicted octanol–water partition coefficient (Wildman–Crippen LogP) is 7.99. The highest BCUT2D eigenvalue weighted by Gasteiger charge is 2.68. The van der Waals surface area contributed by atoms with Crippen LogP contribution in [0.2, 0.25) is 0 Å². The summed E-state index contributed by atoms with van der Waals surface area (Å²) in [7, 11) is 0. The van der Waals surface area contributed by atoms with Gasteiger partial charge in [0.1, 0.15) is 0 Å². The molecule has 0 aromatic rings. The van der Waals surface area contributed by atoms with Crippen LogP contribution in [0.15, 0.2) is 23.3 Å². The molecule has 6 aliphatic rings. The largest absolute Gasteiger partial charge is 0.466 e. The van der Waals surface area contributed by atoms with E-state index in [-0.39, 0.29) is 17.4 Å². The van der Waals surface area contributed by atoms with Gasteiger partial charge in [0.25, 0.3) is 0 Å². The van der Waals surface area contributed by atoms with Crippen LogP contribution >= 0.6 is 0 Å². The number of rotatable bonds is 3. The lowest BCUT2D eigenvalue weighted by molar-refractivity contribution is -0.210. The summed E-state index contributed by atoms with van der Waals surface area (Å²) in [5, 5.41) is 0. The van der Waals surface area contributed by atoms with E-state index in [1.807, 2.05) is 6.92 Å². The Morgan fingerprint density at radius 2 is 1.76 bits per heavy atom. The molecule has 0 bridgehead atoms. The summed E-state index contributed by atoms with van der Waals surface area (Å²) in [5.41, 5.74) is 11.7. The number of nitrogens with two attached hydrogens (primary N) is 1. The Morgan fingerprint density at radius 1 is 0.946 bits per heavy atom. The highest BCUT2D eigenvalue weighted by atomic mass is 16.5. The highest BCUT2D eigenvalue weighted by molar-refractivity contribution is 5.73. The maximum absolute atomic E-state index is 12.3. The standard InChI is InChI=1S/C34H53NO2/c1-6-37-30(36)24-11-9-23(10-12-24)25-15-18-31(3)26(22(25)2)16-19-33(5)29(31)14-13-27-28-8-7-17-34(28,35)21-20-32(27,33)4/h9,15,22,24,26-29H,6-8,10-14,16-21,35H2,1-5H3/t22?,24?,26?,27?,28-,29?,31?,32-,33?,34?/m1/s1. The molecule has 6 rings (SSSR count). The third-order valence-corrected chi connectivity index (χ3v) is 14.0. The van der Waals surface area contributed by atoms with Gasteiger partial charge in [0.05, 0.1) is 12.5 Å². The molecule has 0 radical (unpaired) electrons. The van der Waals surface area contributed by atoms with E-state index < -0.39 is 0 Å². The summed E-state index contributed by atoms with van der Waals surface area (Å²) in [6.45, 7) is 13.1. The van der Waals surface area contributed by atoms with Gasteiger partial charge in [-0.1, -0.05) is 46.3 Å². The molecule has 8 unspecified atom stereocenters. The van der Waals surface area contributed by atoms with Crippen molar-refractivity contribution in [1.82, 2.24) is 0 Å². The van der Waals surface area contributed by atoms with E-state index in [4.69, 9.17) is 10.5 Å². The minimum Gasteiger partial charge on any atom is -0.466 e. The number of carbonyl (C=O) groups excluding carboxylic acids is 1. The van der Waals surface area contributed by atoms with Gasteiger partial charge in [0.15, 0.2) is 0 Å². The highest BCUT2D eigenvalue weighted by Crippen LogP contribution is 2.74. The summed E-state index contributed by atoms with van der Waals surface area (Å²) in [6.07, 6.45) is 21.3. The Bertz CT molecular complexity index is 998. The molecule has 206 valence electrons. The van der Waals surface area contributed by atoms with Crippen LogP contribution in [-0.4, -0.2) is 18.1 Å². The van der Waals surface area contributed by atoms with Crippen molar-refractivity contribution < 1.29 is 9.53 Å². The molecule has 4 saturated carbocycles. The summed E-state index contributed by atoms with van der Waals surface area (Å²) < 4.78 is 5.31. The monoisotopic (exact) mass is 507 g/mol. The second-order valence-electron chi connectivity index (χ2n) is 15.1. The van der Waals surface area contributed by atoms with Gasteiger partial charge in [-0.15, -0.1) is 0 Å². The zero-order chi connectivity index (χ0) is 26.2. The van der Waals surface area contributed by atoms with Gasteiger partial charge in [-0.05, 0) is 141 Å². The molecule has 0 heterocycles. The van der Waals surface area contributed by atoms with Crippen LogP contribution in [-0.2, 0) is 9.53 Å². The summed E-state index contributed by atoms with van der Waals surface area (Å²) >= 11 is 0. The average molecular weight is 508 g/mol. The van der Waals surface area contributed by atoms with Crippen molar-refractivity contribution in [3.8, 4) is 0 Å². The minimum atomic E-state index is -0.00101. The van der Waals surface area contributed by atoms with Gasteiger partial charge >= 0.3 is 5.97 Å². The number of hydrogen-bond donors (Lipinski definition) is 1. The van der Waals surface area contributed by atoms with Crippen molar-refractivity contribution in [2.45, 2.75) is 124 Å². The molecule has 4 fully saturated rings. The van der Waals surface area contributed by atoms with Crippen molar-refractivity contribution in [1.29, 1.82) is 0 Å². The first-order chi connectivity index (χ1) is 17.6. The minimum absolute atomic E-state index is 0.00101. The van der Waals surface area contributed by atoms with Gasteiger partial charge in [-0.25, -0.2) is 0 Å². The third kappa shape index (κ3) is 3.64. The summed E-state index contributed by atoms with van der Waals surface area (Å²) in [5.74, 6) is 3.88. The first-order valence-corrected chi connectivity index (χ1v) is 15.9. The van der Waals surface area contributed by atoms with Crippen LogP contribution in [0.25, 0.3) is 0 Å². The number of carbonyl (C=O) groups is 1. The molecule has 2 N–H and O–H groups in total. The van der Waals surface area contributed by atoms with Crippen LogP contribution in [0.4, 0.5) is 0 Å². The van der Waals surface area contributed by atoms with Crippen LogP contribution in [0.5, 0.6) is 0 Å². The lowest BCUT2D eigenvalue weighted by Gasteiger charge is -2.71. The predicted molar refractivity (Wildman–Crippen MR) is 151 cm³/mol. The smallest absolute Gasteiger partial charge is 0.309 e. The second kappa shape index (κ2) is 8.97. The lowest BCUT2D eigenvalue weighted by atomic mass is 9.34. The fraction of sp³-hybridized carbons (Fsp3) is 0.853. The van der Waals surface area contributed by atoms with Crippen molar-refractivity contribution in [2.75, 3.05) is 6.61 Å². The molecule has 37 heavy (non-hydrogen) atoms. The van der Waals surface area contributed by atoms with Crippen molar-refractivity contribution in [3.05, 3.63) is 23.3 Å². The topological polar surface area (TPSA) is 52.3 Å². The molecular weight excluding hydrogens is 454 g/mol. The molecule has 3 heteroatoms. The van der Waals surface area contributed by atoms with E-state index in [2.05, 4.69) is 39.8 Å². The molecule has 0 aliphatic heterocycles. The van der Waals surface area contributed by atoms with Gasteiger partial charge in [-0.2, -0.15) is 0 Å². The van der Waals surface area contributed by atoms with Crippen molar-refractivity contribution in [3.63, 3.8) is 0 Å². The number of hydrogen-bond acceptors (Lipinski definition) is 3. The van der Waals surface area contributed by atoms with Crippen LogP contribution in [0, 0.1) is 51.8 Å². The zero-order valence-corrected chi connectivity index (χ0v) is 24.4. The lowest BCUT2D eigenvalue weighted by Crippen LogP contribution is -2.66. The molecule has 0 amide bonds. The maximum atomic E-state index is 12.3. The van der Waals surface area contributed by atoms with E-state index >= 15 is 0 Å². The number of allylic oxidation sites excluding steroid dienone is 4. The average Bonchev–Trinajstić information content (AvgIpc) is 3.27. The Morgan fingerprint density at radius 3 is 2.49 bits per heavy atom. The summed E-state index contributed by atoms with van der Waals surface area (Å²) in [6, 6.07) is 0. The van der Waals surface area contributed by atoms with E-state index in [0.29, 0.717) is 28.8 Å². The molecule has 0 aromatic heterocycles. The quantitative estimate of drug-likeness (QED) is 0.394. The van der Waals surface area contributed by atoms with Gasteiger partial charge in [0, 0.05) is 5.54 Å². The van der Waals surface area contributed by atoms with Gasteiger partial charge in [0.2, 0.25) is 0 Å². The van der Waals surface area contributed by atoms with Crippen molar-refractivity contribution in [2.24, 2.45) is 57.5 Å². The van der Waals surface area contributed by atoms with E-state index in [1.54, 1.807) is 5.57 Å². The second-order valence-corrected chi connectivity index (χ2v) is 15.1. The third-order valence-electron chi connectivity index (χ3n) is 14.0. The van der Waals surface area contributed by atoms with E-state index in [1.165, 1.54) is 69.8 Å². The Labute approximate surface area is 226 Å². The van der Waals surface area contributed by atoms with Crippen molar-refractivity contribution >= 4 is 5.97 Å². The SMILES string of the molecule is CCOC(=O)C1CC=C(C2=CCC3(C)C(CCC4(C)C3CCC3[C@H]5CCCC5(N)CC[C@]34C)C2C)CC1. The Kier molecular flexibility index (Phi) is 6.34. The maximum Gasteiger partial charge on any atom is 0.309 e. The Hall–Kier alpha value is -1.09. The first-order valence-electron chi connectivity index (χ1n) is 15.9. The van der Waals surface area contributed by atoms with Crippen LogP contribution < -0.4 is 5.73 Å². The summed E-state index contributed by atoms with van der Waals surface area (Å²) in [4.78, 5) is 12.3. The number of fused-ring (bicyclic) bond motifs is 7. The molecular formula is C34H53NO2. The fourth-order valence-corrected chi connectivity index (χ4v) is 11.9. The number of esters is 1. The number of ether oxygens (including phenoxy) is 1. The molecule has 6 aliphatic carbocycles. The van der Waals surface area contributed by atoms with E-state index in [9.17, 15) is 4.79 Å². The van der Waals surface area contributed by atoms with Crippen LogP contribution in [0.3, 0.4) is 0 Å². The molecule has 10 atom stereocenters. The van der Waals surface area contributed by atoms with Crippen LogP contribution in [0.1, 0.15) is 118 Å². The fourth-order valence-electron chi connectivity index (χ4n) is 11.9. The molecule has 0 aromatic carbocycles. The first kappa shape index (κ1) is 26.1. The Balaban J connectivity index is 1.25. The normalized spacial score (nSPS) is 51.1. The molecule has 0 spiro atoms. The zero-order valence-electron chi connectivity index (χ0n) is 24.4. The molecule has 0 saturated heterocycles. The van der Waals surface area contributed by atoms with Gasteiger partial charge < -0.3 is 10.5 Å². The molecule has 3 nitrogen and oxygen atoms in total.